The molecule has 0 aliphatic carbocycles. The molecule has 2 heterocycles. The summed E-state index contributed by atoms with van der Waals surface area (Å²) in [6.07, 6.45) is 2.41. The molecule has 1 unspecified atom stereocenters. The van der Waals surface area contributed by atoms with Gasteiger partial charge in [-0.3, -0.25) is 9.78 Å². The summed E-state index contributed by atoms with van der Waals surface area (Å²) < 4.78 is 18.5. The van der Waals surface area contributed by atoms with Gasteiger partial charge in [0.1, 0.15) is 17.0 Å². The van der Waals surface area contributed by atoms with Gasteiger partial charge in [-0.2, -0.15) is 9.65 Å². The molecule has 0 bridgehead atoms. The second kappa shape index (κ2) is 5.89. The van der Waals surface area contributed by atoms with E-state index in [9.17, 15) is 14.4 Å². The maximum atomic E-state index is 13.2. The van der Waals surface area contributed by atoms with Crippen LogP contribution in [0.1, 0.15) is 12.5 Å². The van der Waals surface area contributed by atoms with E-state index in [2.05, 4.69) is 21.0 Å². The summed E-state index contributed by atoms with van der Waals surface area (Å²) in [6, 6.07) is 4.66. The summed E-state index contributed by atoms with van der Waals surface area (Å²) in [5.74, 6) is -0.688. The third-order valence-electron chi connectivity index (χ3n) is 2.84. The Morgan fingerprint density at radius 2 is 2.33 bits per heavy atom. The molecule has 0 radical (unpaired) electrons. The maximum absolute atomic E-state index is 13.2. The molecule has 6 nitrogen and oxygen atoms in total. The molecular formula is C13H10ClFN4O2. The first-order valence-electron chi connectivity index (χ1n) is 5.85. The minimum Gasteiger partial charge on any atom is -0.463 e. The maximum Gasteiger partial charge on any atom is 0.296 e. The number of H-pyrrole nitrogens is 1. The van der Waals surface area contributed by atoms with Gasteiger partial charge in [-0.1, -0.05) is 11.6 Å². The van der Waals surface area contributed by atoms with Gasteiger partial charge in [0, 0.05) is 6.20 Å². The zero-order valence-electron chi connectivity index (χ0n) is 10.9. The molecule has 8 heteroatoms. The van der Waals surface area contributed by atoms with Crippen molar-refractivity contribution in [1.29, 1.82) is 5.26 Å². The summed E-state index contributed by atoms with van der Waals surface area (Å²) in [5, 5.41) is 9.25. The molecule has 0 amide bonds. The lowest BCUT2D eigenvalue weighted by atomic mass is 9.85. The quantitative estimate of drug-likeness (QED) is 0.870. The van der Waals surface area contributed by atoms with E-state index in [-0.39, 0.29) is 17.6 Å². The molecule has 0 saturated heterocycles. The lowest BCUT2D eigenvalue weighted by Crippen LogP contribution is -2.29. The smallest absolute Gasteiger partial charge is 0.296 e. The number of aromatic nitrogens is 3. The number of nitriles is 1. The average Bonchev–Trinajstić information content (AvgIpc) is 2.48. The molecule has 0 aliphatic heterocycles. The Hall–Kier alpha value is -2.46. The van der Waals surface area contributed by atoms with Crippen molar-refractivity contribution < 1.29 is 9.13 Å². The summed E-state index contributed by atoms with van der Waals surface area (Å²) in [7, 11) is 0. The lowest BCUT2D eigenvalue weighted by Gasteiger charge is -2.21. The van der Waals surface area contributed by atoms with Crippen LogP contribution in [0.15, 0.2) is 29.3 Å². The van der Waals surface area contributed by atoms with Crippen molar-refractivity contribution in [3.63, 3.8) is 0 Å². The first-order valence-corrected chi connectivity index (χ1v) is 6.23. The van der Waals surface area contributed by atoms with Crippen molar-refractivity contribution in [3.05, 3.63) is 51.4 Å². The average molecular weight is 309 g/mol. The fourth-order valence-electron chi connectivity index (χ4n) is 1.57. The second-order valence-electron chi connectivity index (χ2n) is 4.47. The number of aromatic amines is 1. The topological polar surface area (TPSA) is 91.7 Å². The fourth-order valence-corrected chi connectivity index (χ4v) is 1.67. The summed E-state index contributed by atoms with van der Waals surface area (Å²) in [5.41, 5.74) is -1.26. The molecule has 2 aromatic heterocycles. The Bertz CT molecular complexity index is 758. The zero-order valence-corrected chi connectivity index (χ0v) is 11.7. The minimum atomic E-state index is -1.12. The van der Waals surface area contributed by atoms with Gasteiger partial charge in [0.25, 0.3) is 11.6 Å². The number of nitrogens with zero attached hydrogens (tertiary/aromatic N) is 3. The number of ether oxygens (including phenoxy) is 1. The van der Waals surface area contributed by atoms with Gasteiger partial charge in [-0.15, -0.1) is 0 Å². The Kier molecular flexibility index (Phi) is 4.19. The van der Waals surface area contributed by atoms with Crippen molar-refractivity contribution in [2.24, 2.45) is 0 Å². The van der Waals surface area contributed by atoms with E-state index in [1.807, 2.05) is 0 Å². The second-order valence-corrected chi connectivity index (χ2v) is 4.87. The van der Waals surface area contributed by atoms with E-state index in [1.54, 1.807) is 6.92 Å². The first-order chi connectivity index (χ1) is 9.94. The van der Waals surface area contributed by atoms with Crippen molar-refractivity contribution >= 4 is 11.6 Å². The predicted molar refractivity (Wildman–Crippen MR) is 72.5 cm³/mol. The minimum absolute atomic E-state index is 0.0680. The Morgan fingerprint density at radius 1 is 1.57 bits per heavy atom. The van der Waals surface area contributed by atoms with E-state index >= 15 is 0 Å². The van der Waals surface area contributed by atoms with Crippen LogP contribution in [0, 0.1) is 17.3 Å². The van der Waals surface area contributed by atoms with E-state index < -0.39 is 16.9 Å². The Labute approximate surface area is 124 Å². The van der Waals surface area contributed by atoms with Crippen molar-refractivity contribution in [3.8, 4) is 12.1 Å². The zero-order chi connectivity index (χ0) is 15.5. The van der Waals surface area contributed by atoms with Crippen LogP contribution < -0.4 is 10.3 Å². The summed E-state index contributed by atoms with van der Waals surface area (Å²) in [6.45, 7) is 1.45. The highest BCUT2D eigenvalue weighted by Crippen LogP contribution is 2.23. The third kappa shape index (κ3) is 3.35. The molecule has 2 rings (SSSR count). The van der Waals surface area contributed by atoms with Crippen molar-refractivity contribution in [2.75, 3.05) is 6.61 Å². The monoisotopic (exact) mass is 308 g/mol. The van der Waals surface area contributed by atoms with Crippen LogP contribution in [-0.4, -0.2) is 21.6 Å². The first kappa shape index (κ1) is 14.9. The lowest BCUT2D eigenvalue weighted by molar-refractivity contribution is 0.242. The van der Waals surface area contributed by atoms with Crippen LogP contribution in [-0.2, 0) is 5.41 Å². The molecule has 108 valence electrons. The largest absolute Gasteiger partial charge is 0.463 e. The Morgan fingerprint density at radius 3 is 2.95 bits per heavy atom. The fraction of sp³-hybridized carbons (Fsp3) is 0.231. The normalized spacial score (nSPS) is 13.2. The van der Waals surface area contributed by atoms with Crippen LogP contribution in [0.4, 0.5) is 4.39 Å². The van der Waals surface area contributed by atoms with Gasteiger partial charge in [0.15, 0.2) is 0 Å². The van der Waals surface area contributed by atoms with Crippen LogP contribution in [0.25, 0.3) is 0 Å². The van der Waals surface area contributed by atoms with E-state index in [0.717, 1.165) is 12.3 Å². The number of nitrogens with one attached hydrogen (secondary N) is 1. The van der Waals surface area contributed by atoms with E-state index in [4.69, 9.17) is 16.3 Å². The van der Waals surface area contributed by atoms with Crippen LogP contribution >= 0.6 is 11.6 Å². The highest BCUT2D eigenvalue weighted by Gasteiger charge is 2.28. The van der Waals surface area contributed by atoms with Crippen LogP contribution in [0.3, 0.4) is 0 Å². The van der Waals surface area contributed by atoms with Gasteiger partial charge in [0.2, 0.25) is 5.95 Å². The third-order valence-corrected chi connectivity index (χ3v) is 3.11. The number of halogens is 2. The van der Waals surface area contributed by atoms with Crippen molar-refractivity contribution in [1.82, 2.24) is 15.0 Å². The molecular weight excluding hydrogens is 299 g/mol. The van der Waals surface area contributed by atoms with Gasteiger partial charge < -0.3 is 4.74 Å². The molecule has 1 atom stereocenters. The van der Waals surface area contributed by atoms with E-state index in [1.165, 1.54) is 12.3 Å². The SMILES string of the molecule is CC(C#N)(COc1ncc(Cl)c(=O)[nH]1)c1ccnc(F)c1. The summed E-state index contributed by atoms with van der Waals surface area (Å²) in [4.78, 5) is 20.9. The molecule has 1 N–H and O–H groups in total. The molecule has 0 aliphatic rings. The van der Waals surface area contributed by atoms with Gasteiger partial charge in [0.05, 0.1) is 12.3 Å². The highest BCUT2D eigenvalue weighted by molar-refractivity contribution is 6.30. The summed E-state index contributed by atoms with van der Waals surface area (Å²) >= 11 is 5.55. The number of hydrogen-bond donors (Lipinski definition) is 1. The van der Waals surface area contributed by atoms with Crippen molar-refractivity contribution in [2.45, 2.75) is 12.3 Å². The molecule has 0 saturated carbocycles. The molecule has 2 aromatic rings. The Balaban J connectivity index is 2.21. The van der Waals surface area contributed by atoms with E-state index in [0.29, 0.717) is 5.56 Å². The predicted octanol–water partition coefficient (Wildman–Crippen LogP) is 1.82. The van der Waals surface area contributed by atoms with Gasteiger partial charge in [-0.05, 0) is 24.6 Å². The highest BCUT2D eigenvalue weighted by atomic mass is 35.5. The number of hydrogen-bond acceptors (Lipinski definition) is 5. The molecule has 0 aromatic carbocycles. The standard InChI is InChI=1S/C13H10ClFN4O2/c1-13(6-16,8-2-3-17-10(15)4-8)7-21-12-18-5-9(14)11(20)19-12/h2-5H,7H2,1H3,(H,18,19,20). The van der Waals surface area contributed by atoms with Crippen LogP contribution in [0.5, 0.6) is 6.01 Å². The van der Waals surface area contributed by atoms with Gasteiger partial charge >= 0.3 is 0 Å². The number of rotatable bonds is 4. The molecule has 0 fully saturated rings. The molecule has 0 spiro atoms. The molecule has 21 heavy (non-hydrogen) atoms. The van der Waals surface area contributed by atoms with Crippen LogP contribution in [0.2, 0.25) is 5.02 Å². The number of pyridine rings is 1. The van der Waals surface area contributed by atoms with Gasteiger partial charge in [-0.25, -0.2) is 9.97 Å².